The molecule has 1 unspecified atom stereocenters. The Kier molecular flexibility index (Phi) is 4.73. The highest BCUT2D eigenvalue weighted by molar-refractivity contribution is 7.27. The third-order valence-corrected chi connectivity index (χ3v) is 2.33. The van der Waals surface area contributed by atoms with Gasteiger partial charge in [0.2, 0.25) is 0 Å². The van der Waals surface area contributed by atoms with Gasteiger partial charge in [0, 0.05) is 6.54 Å². The molecule has 0 aliphatic rings. The van der Waals surface area contributed by atoms with Crippen molar-refractivity contribution in [2.45, 2.75) is 13.0 Å². The fraction of sp³-hybridized carbons (Fsp3) is 0.800. The molecular weight excluding hydrogens is 185 g/mol. The van der Waals surface area contributed by atoms with Crippen LogP contribution in [-0.2, 0) is 13.9 Å². The number of carboxylic acid groups (broad SMARTS) is 1. The number of nitrogens with zero attached hydrogens (tertiary/aromatic N) is 1. The van der Waals surface area contributed by atoms with E-state index in [4.69, 9.17) is 10.2 Å². The number of aliphatic carboxylic acids is 1. The number of carboxylic acids is 1. The van der Waals surface area contributed by atoms with E-state index >= 15 is 0 Å². The summed E-state index contributed by atoms with van der Waals surface area (Å²) in [6.45, 7) is 0.819. The third-order valence-electron chi connectivity index (χ3n) is 1.35. The molecule has 0 aromatic carbocycles. The summed E-state index contributed by atoms with van der Waals surface area (Å²) in [5.41, 5.74) is 0. The molecule has 0 saturated carbocycles. The lowest BCUT2D eigenvalue weighted by atomic mass is 10.3. The van der Waals surface area contributed by atoms with Gasteiger partial charge in [0.1, 0.15) is 6.04 Å². The first-order valence-electron chi connectivity index (χ1n) is 3.29. The quantitative estimate of drug-likeness (QED) is 0.592. The average molecular weight is 195 g/mol. The predicted molar refractivity (Wildman–Crippen MR) is 39.2 cm³/mol. The van der Waals surface area contributed by atoms with Crippen molar-refractivity contribution in [3.63, 3.8) is 0 Å². The lowest BCUT2D eigenvalue weighted by Gasteiger charge is -2.16. The number of aliphatic hydroxyl groups is 1. The largest absolute Gasteiger partial charge is 0.480 e. The Labute approximate surface area is 69.7 Å². The molecule has 7 heteroatoms. The Bertz CT molecular complexity index is 218. The minimum atomic E-state index is -2.95. The highest BCUT2D eigenvalue weighted by Crippen LogP contribution is 2.16. The molecule has 0 aromatic heterocycles. The number of rotatable bonds is 5. The van der Waals surface area contributed by atoms with E-state index in [0.29, 0.717) is 4.67 Å². The molecule has 1 atom stereocenters. The summed E-state index contributed by atoms with van der Waals surface area (Å²) in [6, 6.07) is -1.36. The monoisotopic (exact) mass is 195 g/mol. The van der Waals surface area contributed by atoms with Crippen molar-refractivity contribution in [1.82, 2.24) is 4.67 Å². The Morgan fingerprint density at radius 1 is 1.58 bits per heavy atom. The zero-order chi connectivity index (χ0) is 9.72. The van der Waals surface area contributed by atoms with Crippen LogP contribution in [0.15, 0.2) is 0 Å². The number of aliphatic hydroxyl groups excluding tert-OH is 1. The second-order valence-corrected chi connectivity index (χ2v) is 3.02. The van der Waals surface area contributed by atoms with Gasteiger partial charge >= 0.3 is 13.8 Å². The van der Waals surface area contributed by atoms with Crippen LogP contribution in [0.4, 0.5) is 0 Å². The molecule has 12 heavy (non-hydrogen) atoms. The van der Waals surface area contributed by atoms with E-state index in [2.05, 4.69) is 0 Å². The molecule has 0 rings (SSSR count). The molecule has 0 radical (unpaired) electrons. The summed E-state index contributed by atoms with van der Waals surface area (Å²) in [7, 11) is -2.95. The zero-order valence-corrected chi connectivity index (χ0v) is 7.40. The smallest absolute Gasteiger partial charge is 0.399 e. The van der Waals surface area contributed by atoms with Gasteiger partial charge in [-0.05, 0) is 0 Å². The van der Waals surface area contributed by atoms with Crippen LogP contribution in [-0.4, -0.2) is 40.0 Å². The molecule has 0 amide bonds. The van der Waals surface area contributed by atoms with Gasteiger partial charge in [-0.3, -0.25) is 4.79 Å². The molecule has 70 valence electrons. The summed E-state index contributed by atoms with van der Waals surface area (Å²) in [5, 5.41) is 17.0. The fourth-order valence-corrected chi connectivity index (χ4v) is 1.38. The highest BCUT2D eigenvalue weighted by atomic mass is 31.1. The van der Waals surface area contributed by atoms with Crippen molar-refractivity contribution in [1.29, 1.82) is 0 Å². The van der Waals surface area contributed by atoms with Gasteiger partial charge in [-0.1, -0.05) is 6.92 Å². The van der Waals surface area contributed by atoms with Crippen molar-refractivity contribution in [3.8, 4) is 0 Å². The first-order valence-corrected chi connectivity index (χ1v) is 4.42. The molecule has 0 saturated heterocycles. The Morgan fingerprint density at radius 3 is 2.17 bits per heavy atom. The number of carbonyl (C=O) groups is 1. The maximum atomic E-state index is 10.4. The van der Waals surface area contributed by atoms with E-state index in [1.54, 1.807) is 0 Å². The maximum absolute atomic E-state index is 10.4. The van der Waals surface area contributed by atoms with Gasteiger partial charge in [-0.2, -0.15) is 4.67 Å². The van der Waals surface area contributed by atoms with Gasteiger partial charge < -0.3 is 10.2 Å². The lowest BCUT2D eigenvalue weighted by Crippen LogP contribution is -2.38. The predicted octanol–water partition coefficient (Wildman–Crippen LogP) is -0.158. The molecule has 0 aromatic rings. The van der Waals surface area contributed by atoms with Gasteiger partial charge in [0.25, 0.3) is 0 Å². The lowest BCUT2D eigenvalue weighted by molar-refractivity contribution is -0.142. The third kappa shape index (κ3) is 2.73. The van der Waals surface area contributed by atoms with E-state index in [-0.39, 0.29) is 6.54 Å². The van der Waals surface area contributed by atoms with Crippen LogP contribution in [0, 0.1) is 0 Å². The first-order chi connectivity index (χ1) is 5.54. The minimum Gasteiger partial charge on any atom is -0.480 e. The van der Waals surface area contributed by atoms with E-state index in [0.717, 1.165) is 0 Å². The van der Waals surface area contributed by atoms with Crippen LogP contribution in [0.5, 0.6) is 0 Å². The average Bonchev–Trinajstić information content (AvgIpc) is 1.98. The van der Waals surface area contributed by atoms with E-state index in [1.807, 2.05) is 0 Å². The number of hydrogen-bond donors (Lipinski definition) is 2. The molecule has 0 aliphatic carbocycles. The summed E-state index contributed by atoms with van der Waals surface area (Å²) in [4.78, 5) is 10.4. The molecule has 6 nitrogen and oxygen atoms in total. The van der Waals surface area contributed by atoms with Crippen LogP contribution in [0.25, 0.3) is 0 Å². The van der Waals surface area contributed by atoms with E-state index < -0.39 is 26.4 Å². The molecule has 0 fully saturated rings. The second-order valence-electron chi connectivity index (χ2n) is 2.03. The number of likely N-dealkylation sites (N-methyl/N-ethyl adjacent to an activating group) is 1. The molecule has 0 bridgehead atoms. The second kappa shape index (κ2) is 5.03. The van der Waals surface area contributed by atoms with Crippen LogP contribution in [0.2, 0.25) is 0 Å². The zero-order valence-electron chi connectivity index (χ0n) is 6.51. The van der Waals surface area contributed by atoms with Gasteiger partial charge in [0.15, 0.2) is 0 Å². The van der Waals surface area contributed by atoms with Crippen molar-refractivity contribution >= 4 is 13.8 Å². The molecule has 0 aliphatic heterocycles. The van der Waals surface area contributed by atoms with Crippen molar-refractivity contribution in [3.05, 3.63) is 0 Å². The topological polar surface area (TPSA) is 94.9 Å². The van der Waals surface area contributed by atoms with Crippen LogP contribution >= 0.6 is 7.83 Å². The molecular formula is C5H10NO5P. The van der Waals surface area contributed by atoms with Crippen LogP contribution in [0.3, 0.4) is 0 Å². The van der Waals surface area contributed by atoms with Crippen molar-refractivity contribution < 1.29 is 24.1 Å². The van der Waals surface area contributed by atoms with Crippen molar-refractivity contribution in [2.24, 2.45) is 0 Å². The summed E-state index contributed by atoms with van der Waals surface area (Å²) < 4.78 is 21.5. The van der Waals surface area contributed by atoms with Gasteiger partial charge in [-0.15, -0.1) is 0 Å². The molecule has 2 N–H and O–H groups in total. The Balaban J connectivity index is 4.55. The summed E-state index contributed by atoms with van der Waals surface area (Å²) >= 11 is 0. The highest BCUT2D eigenvalue weighted by Gasteiger charge is 2.26. The minimum absolute atomic E-state index is 0.0379. The van der Waals surface area contributed by atoms with Crippen LogP contribution < -0.4 is 0 Å². The maximum Gasteiger partial charge on any atom is 0.399 e. The Morgan fingerprint density at radius 2 is 2.08 bits per heavy atom. The van der Waals surface area contributed by atoms with Gasteiger partial charge in [0.05, 0.1) is 6.61 Å². The number of hydrogen-bond acceptors (Lipinski definition) is 4. The standard InChI is InChI=1S/C5H10NO5P/c1-2-6(12(10)11)4(3-7)5(8)9/h4,7H,2-3H2,1H3,(H,8,9). The fourth-order valence-electron chi connectivity index (χ4n) is 0.749. The molecule has 0 heterocycles. The SMILES string of the molecule is CCN(C(CO)C(=O)O)P(=O)=O. The summed E-state index contributed by atoms with van der Waals surface area (Å²) in [6.07, 6.45) is 0. The Hall–Kier alpha value is -0.710. The molecule has 0 spiro atoms. The van der Waals surface area contributed by atoms with E-state index in [9.17, 15) is 13.9 Å². The summed E-state index contributed by atoms with van der Waals surface area (Å²) in [5.74, 6) is -1.35. The van der Waals surface area contributed by atoms with Crippen LogP contribution in [0.1, 0.15) is 6.92 Å². The van der Waals surface area contributed by atoms with Gasteiger partial charge in [-0.25, -0.2) is 9.13 Å². The normalized spacial score (nSPS) is 12.9. The van der Waals surface area contributed by atoms with Crippen molar-refractivity contribution in [2.75, 3.05) is 13.2 Å². The van der Waals surface area contributed by atoms with E-state index in [1.165, 1.54) is 6.92 Å². The first kappa shape index (κ1) is 11.3.